The molecule has 35 heavy (non-hydrogen) atoms. The molecule has 0 aliphatic carbocycles. The number of hydrogen-bond acceptors (Lipinski definition) is 6. The molecule has 1 aliphatic rings. The lowest BCUT2D eigenvalue weighted by Gasteiger charge is -2.45. The lowest BCUT2D eigenvalue weighted by atomic mass is 10.1. The summed E-state index contributed by atoms with van der Waals surface area (Å²) in [5.41, 5.74) is 1.71. The summed E-state index contributed by atoms with van der Waals surface area (Å²) in [7, 11) is 0. The van der Waals surface area contributed by atoms with Gasteiger partial charge in [-0.1, -0.05) is 0 Å². The molecule has 3 aromatic rings. The summed E-state index contributed by atoms with van der Waals surface area (Å²) in [6.45, 7) is 12.7. The molecule has 0 bridgehead atoms. The van der Waals surface area contributed by atoms with Crippen LogP contribution in [-0.2, 0) is 4.74 Å². The zero-order valence-electron chi connectivity index (χ0n) is 21.0. The maximum absolute atomic E-state index is 14.4. The number of aromatic nitrogens is 3. The minimum absolute atomic E-state index is 0.0313. The first-order valence-electron chi connectivity index (χ1n) is 11.6. The van der Waals surface area contributed by atoms with E-state index in [-0.39, 0.29) is 29.7 Å². The number of nitrogens with one attached hydrogen (secondary N) is 2. The summed E-state index contributed by atoms with van der Waals surface area (Å²) in [4.78, 5) is 25.2. The fourth-order valence-corrected chi connectivity index (χ4v) is 4.37. The molecule has 1 aliphatic heterocycles. The quantitative estimate of drug-likeness (QED) is 0.424. The van der Waals surface area contributed by atoms with Gasteiger partial charge in [-0.2, -0.15) is 0 Å². The average molecular weight is 482 g/mol. The number of aryl methyl sites for hydroxylation is 1. The summed E-state index contributed by atoms with van der Waals surface area (Å²) in [6.07, 6.45) is 4.82. The molecule has 2 N–H and O–H groups in total. The third-order valence-corrected chi connectivity index (χ3v) is 5.80. The third kappa shape index (κ3) is 5.36. The second kappa shape index (κ2) is 9.16. The Kier molecular flexibility index (Phi) is 6.40. The Bertz CT molecular complexity index is 1240. The molecule has 1 saturated heterocycles. The van der Waals surface area contributed by atoms with Crippen LogP contribution in [-0.4, -0.2) is 62.0 Å². The number of carbonyl (C=O) groups is 1. The molecule has 0 aromatic carbocycles. The standard InChI is InChI=1S/C25H32FN7O2/c1-15-11-32-14-18(9-20(26)23(32)29-15)22(27)30-21-8-7-19(10-28-21)31-12-16(2)33(17(3)13-31)24(34)35-25(4,5)6/h7-11,14,16-17H,12-13H2,1-6H3,(H2,27,28,30)/t16-,17+. The maximum Gasteiger partial charge on any atom is 0.410 e. The van der Waals surface area contributed by atoms with Gasteiger partial charge in [-0.15, -0.1) is 0 Å². The largest absolute Gasteiger partial charge is 0.444 e. The fraction of sp³-hybridized carbons (Fsp3) is 0.440. The van der Waals surface area contributed by atoms with E-state index in [1.54, 1.807) is 40.9 Å². The first kappa shape index (κ1) is 24.4. The van der Waals surface area contributed by atoms with E-state index in [9.17, 15) is 9.18 Å². The van der Waals surface area contributed by atoms with Crippen LogP contribution in [0, 0.1) is 18.2 Å². The van der Waals surface area contributed by atoms with Crippen LogP contribution in [0.1, 0.15) is 45.9 Å². The fourth-order valence-electron chi connectivity index (χ4n) is 4.37. The third-order valence-electron chi connectivity index (χ3n) is 5.80. The normalized spacial score (nSPS) is 18.6. The summed E-state index contributed by atoms with van der Waals surface area (Å²) in [5, 5.41) is 11.3. The van der Waals surface area contributed by atoms with Gasteiger partial charge in [0.25, 0.3) is 0 Å². The van der Waals surface area contributed by atoms with Gasteiger partial charge >= 0.3 is 6.09 Å². The minimum atomic E-state index is -0.538. The molecule has 0 unspecified atom stereocenters. The first-order chi connectivity index (χ1) is 16.4. The van der Waals surface area contributed by atoms with Crippen molar-refractivity contribution >= 4 is 29.1 Å². The number of piperazine rings is 1. The minimum Gasteiger partial charge on any atom is -0.444 e. The second-order valence-electron chi connectivity index (χ2n) is 10.1. The molecule has 2 atom stereocenters. The van der Waals surface area contributed by atoms with Gasteiger partial charge in [-0.05, 0) is 59.7 Å². The lowest BCUT2D eigenvalue weighted by molar-refractivity contribution is 0.00566. The molecule has 186 valence electrons. The molecule has 1 amide bonds. The number of rotatable bonds is 3. The number of hydrogen-bond donors (Lipinski definition) is 2. The smallest absolute Gasteiger partial charge is 0.410 e. The highest BCUT2D eigenvalue weighted by Gasteiger charge is 2.35. The van der Waals surface area contributed by atoms with Crippen LogP contribution in [0.5, 0.6) is 0 Å². The molecule has 9 nitrogen and oxygen atoms in total. The molecule has 0 radical (unpaired) electrons. The number of amidine groups is 1. The molecule has 4 heterocycles. The molecule has 3 aromatic heterocycles. The molecular formula is C25H32FN7O2. The molecule has 0 spiro atoms. The Hall–Kier alpha value is -3.69. The first-order valence-corrected chi connectivity index (χ1v) is 11.6. The maximum atomic E-state index is 14.4. The van der Waals surface area contributed by atoms with Crippen molar-refractivity contribution in [2.24, 2.45) is 0 Å². The highest BCUT2D eigenvalue weighted by Crippen LogP contribution is 2.25. The average Bonchev–Trinajstić information content (AvgIpc) is 3.13. The number of ether oxygens (including phenoxy) is 1. The summed E-state index contributed by atoms with van der Waals surface area (Å²) >= 11 is 0. The predicted molar refractivity (Wildman–Crippen MR) is 134 cm³/mol. The van der Waals surface area contributed by atoms with Gasteiger partial charge in [0, 0.05) is 31.0 Å². The van der Waals surface area contributed by atoms with Crippen LogP contribution in [0.3, 0.4) is 0 Å². The number of nitrogens with zero attached hydrogens (tertiary/aromatic N) is 5. The van der Waals surface area contributed by atoms with Crippen molar-refractivity contribution < 1.29 is 13.9 Å². The van der Waals surface area contributed by atoms with E-state index >= 15 is 0 Å². The topological polar surface area (TPSA) is 98.9 Å². The van der Waals surface area contributed by atoms with Crippen LogP contribution in [0.2, 0.25) is 0 Å². The van der Waals surface area contributed by atoms with Crippen molar-refractivity contribution in [1.29, 1.82) is 5.41 Å². The number of pyridine rings is 2. The van der Waals surface area contributed by atoms with Gasteiger partial charge in [0.15, 0.2) is 11.5 Å². The predicted octanol–water partition coefficient (Wildman–Crippen LogP) is 4.45. The zero-order valence-corrected chi connectivity index (χ0v) is 21.0. The van der Waals surface area contributed by atoms with E-state index in [0.29, 0.717) is 30.2 Å². The van der Waals surface area contributed by atoms with Gasteiger partial charge in [-0.25, -0.2) is 19.2 Å². The lowest BCUT2D eigenvalue weighted by Crippen LogP contribution is -2.59. The Labute approximate surface area is 204 Å². The van der Waals surface area contributed by atoms with E-state index in [1.165, 1.54) is 6.07 Å². The molecule has 4 rings (SSSR count). The van der Waals surface area contributed by atoms with Crippen LogP contribution >= 0.6 is 0 Å². The monoisotopic (exact) mass is 481 g/mol. The SMILES string of the molecule is Cc1cn2cc(C(=N)Nc3ccc(N4C[C@@H](C)N(C(=O)OC(C)(C)C)[C@@H](C)C4)cn3)cc(F)c2n1. The van der Waals surface area contributed by atoms with E-state index in [4.69, 9.17) is 10.1 Å². The van der Waals surface area contributed by atoms with Gasteiger partial charge in [0.2, 0.25) is 0 Å². The van der Waals surface area contributed by atoms with Gasteiger partial charge in [-0.3, -0.25) is 10.3 Å². The van der Waals surface area contributed by atoms with Crippen molar-refractivity contribution in [3.05, 3.63) is 53.9 Å². The number of imidazole rings is 1. The van der Waals surface area contributed by atoms with Crippen molar-refractivity contribution in [2.75, 3.05) is 23.3 Å². The Morgan fingerprint density at radius 2 is 1.89 bits per heavy atom. The number of amides is 1. The summed E-state index contributed by atoms with van der Waals surface area (Å²) in [5.74, 6) is 0.0272. The Morgan fingerprint density at radius 1 is 1.20 bits per heavy atom. The molecule has 1 fully saturated rings. The van der Waals surface area contributed by atoms with Crippen LogP contribution in [0.15, 0.2) is 36.8 Å². The highest BCUT2D eigenvalue weighted by molar-refractivity contribution is 6.05. The van der Waals surface area contributed by atoms with Crippen molar-refractivity contribution in [3.8, 4) is 0 Å². The number of halogens is 1. The zero-order chi connectivity index (χ0) is 25.5. The van der Waals surface area contributed by atoms with Crippen molar-refractivity contribution in [1.82, 2.24) is 19.3 Å². The molecule has 0 saturated carbocycles. The summed E-state index contributed by atoms with van der Waals surface area (Å²) in [6, 6.07) is 4.94. The highest BCUT2D eigenvalue weighted by atomic mass is 19.1. The van der Waals surface area contributed by atoms with Gasteiger partial charge in [0.05, 0.1) is 29.7 Å². The van der Waals surface area contributed by atoms with Gasteiger partial charge < -0.3 is 19.4 Å². The van der Waals surface area contributed by atoms with E-state index in [1.807, 2.05) is 40.7 Å². The molecular weight excluding hydrogens is 449 g/mol. The number of fused-ring (bicyclic) bond motifs is 1. The van der Waals surface area contributed by atoms with Crippen molar-refractivity contribution in [3.63, 3.8) is 0 Å². The number of anilines is 2. The van der Waals surface area contributed by atoms with Crippen molar-refractivity contribution in [2.45, 2.75) is 59.2 Å². The van der Waals surface area contributed by atoms with Crippen LogP contribution in [0.25, 0.3) is 5.65 Å². The van der Waals surface area contributed by atoms with E-state index < -0.39 is 11.4 Å². The molecule has 10 heteroatoms. The summed E-state index contributed by atoms with van der Waals surface area (Å²) < 4.78 is 21.5. The Balaban J connectivity index is 1.42. The van der Waals surface area contributed by atoms with E-state index in [0.717, 1.165) is 5.69 Å². The van der Waals surface area contributed by atoms with Crippen LogP contribution in [0.4, 0.5) is 20.7 Å². The Morgan fingerprint density at radius 3 is 2.49 bits per heavy atom. The van der Waals surface area contributed by atoms with Gasteiger partial charge in [0.1, 0.15) is 17.3 Å². The van der Waals surface area contributed by atoms with Crippen LogP contribution < -0.4 is 10.2 Å². The number of carbonyl (C=O) groups excluding carboxylic acids is 1. The second-order valence-corrected chi connectivity index (χ2v) is 10.1. The van der Waals surface area contributed by atoms with E-state index in [2.05, 4.69) is 20.2 Å².